The fraction of sp³-hybridized carbons (Fsp3) is 0. The minimum absolute atomic E-state index is 1.00. The Hall–Kier alpha value is -0.180. The van der Waals surface area contributed by atoms with Crippen LogP contribution in [0.25, 0.3) is 0 Å². The number of rotatable bonds is 0. The van der Waals surface area contributed by atoms with Gasteiger partial charge in [-0.2, -0.15) is 0 Å². The summed E-state index contributed by atoms with van der Waals surface area (Å²) >= 11 is 3.38. The molecule has 0 heterocycles. The Balaban J connectivity index is 2.55. The van der Waals surface area contributed by atoms with Crippen molar-refractivity contribution < 1.29 is 5.21 Å². The maximum absolute atomic E-state index is 7.37. The van der Waals surface area contributed by atoms with Crippen LogP contribution in [0.5, 0.6) is 0 Å². The molecule has 0 aliphatic heterocycles. The molecule has 0 bridgehead atoms. The van der Waals surface area contributed by atoms with Gasteiger partial charge in [-0.3, -0.25) is 0 Å². The Morgan fingerprint density at radius 1 is 2.00 bits per heavy atom. The molecule has 0 aliphatic rings. The summed E-state index contributed by atoms with van der Waals surface area (Å²) in [4.78, 5) is 0. The molecule has 24 valence electrons. The summed E-state index contributed by atoms with van der Waals surface area (Å²) in [6.07, 6.45) is 0. The van der Waals surface area contributed by atoms with E-state index in [0.717, 1.165) is 5.55 Å². The predicted molar refractivity (Wildman–Crippen MR) is 19.3 cm³/mol. The largest absolute Gasteiger partial charge is 0.410 e. The lowest BCUT2D eigenvalue weighted by Gasteiger charge is -1.53. The summed E-state index contributed by atoms with van der Waals surface area (Å²) in [6.45, 7) is 0. The topological polar surface area (TPSA) is 32.6 Å². The Labute approximate surface area is 29.5 Å². The predicted octanol–water partition coefficient (Wildman–Crippen LogP) is 0.334. The van der Waals surface area contributed by atoms with E-state index in [4.69, 9.17) is 5.21 Å². The Kier molecular flexibility index (Phi) is 2.69. The SMILES string of the molecule is O/N=C/S. The van der Waals surface area contributed by atoms with Crippen molar-refractivity contribution in [2.24, 2.45) is 5.16 Å². The number of nitrogens with zero attached hydrogens (tertiary/aromatic N) is 1. The third-order valence-electron chi connectivity index (χ3n) is 0.0516. The first-order chi connectivity index (χ1) is 1.91. The summed E-state index contributed by atoms with van der Waals surface area (Å²) in [7, 11) is 0. The maximum Gasteiger partial charge on any atom is 0.0960 e. The molecule has 0 aliphatic carbocycles. The smallest absolute Gasteiger partial charge is 0.0960 e. The molecule has 3 heteroatoms. The molecule has 2 nitrogen and oxygen atoms in total. The van der Waals surface area contributed by atoms with Crippen molar-refractivity contribution in [1.82, 2.24) is 0 Å². The summed E-state index contributed by atoms with van der Waals surface area (Å²) in [5.41, 5.74) is 1.00. The minimum Gasteiger partial charge on any atom is -0.410 e. The molecular formula is CH3NOS. The third-order valence-corrected chi connectivity index (χ3v) is 0.155. The quantitative estimate of drug-likeness (QED) is 0.141. The van der Waals surface area contributed by atoms with Gasteiger partial charge in [0.1, 0.15) is 0 Å². The van der Waals surface area contributed by atoms with E-state index in [1.54, 1.807) is 0 Å². The zero-order valence-corrected chi connectivity index (χ0v) is 2.81. The molecule has 4 heavy (non-hydrogen) atoms. The van der Waals surface area contributed by atoms with E-state index >= 15 is 0 Å². The van der Waals surface area contributed by atoms with Crippen LogP contribution in [0.4, 0.5) is 0 Å². The third kappa shape index (κ3) is 1.82. The lowest BCUT2D eigenvalue weighted by Crippen LogP contribution is -1.43. The normalized spacial score (nSPS) is 9.25. The van der Waals surface area contributed by atoms with Crippen LogP contribution in [0, 0.1) is 0 Å². The van der Waals surface area contributed by atoms with E-state index in [2.05, 4.69) is 17.8 Å². The van der Waals surface area contributed by atoms with E-state index in [-0.39, 0.29) is 0 Å². The van der Waals surface area contributed by atoms with Gasteiger partial charge in [0, 0.05) is 0 Å². The monoisotopic (exact) mass is 77.0 g/mol. The first-order valence-electron chi connectivity index (χ1n) is 0.716. The molecule has 0 saturated carbocycles. The molecule has 0 aromatic carbocycles. The summed E-state index contributed by atoms with van der Waals surface area (Å²) in [5.74, 6) is 0. The van der Waals surface area contributed by atoms with Crippen molar-refractivity contribution >= 4 is 18.2 Å². The van der Waals surface area contributed by atoms with E-state index in [0.29, 0.717) is 0 Å². The van der Waals surface area contributed by atoms with Crippen molar-refractivity contribution in [1.29, 1.82) is 0 Å². The molecule has 0 aromatic heterocycles. The molecule has 0 unspecified atom stereocenters. The first kappa shape index (κ1) is 3.82. The zero-order chi connectivity index (χ0) is 3.41. The zero-order valence-electron chi connectivity index (χ0n) is 1.92. The molecule has 0 fully saturated rings. The molecule has 0 rings (SSSR count). The fourth-order valence-electron chi connectivity index (χ4n) is 0. The van der Waals surface area contributed by atoms with Crippen LogP contribution >= 0.6 is 12.6 Å². The number of hydrogen-bond acceptors (Lipinski definition) is 2. The van der Waals surface area contributed by atoms with Crippen molar-refractivity contribution in [2.75, 3.05) is 0 Å². The van der Waals surface area contributed by atoms with Crippen LogP contribution in [-0.2, 0) is 0 Å². The fourth-order valence-corrected chi connectivity index (χ4v) is 0. The molecule has 0 atom stereocenters. The average molecular weight is 77.1 g/mol. The van der Waals surface area contributed by atoms with Gasteiger partial charge in [0.15, 0.2) is 0 Å². The Morgan fingerprint density at radius 2 is 2.25 bits per heavy atom. The minimum atomic E-state index is 1.00. The van der Waals surface area contributed by atoms with Crippen LogP contribution in [0.1, 0.15) is 0 Å². The van der Waals surface area contributed by atoms with Gasteiger partial charge in [-0.15, -0.1) is 12.6 Å². The average Bonchev–Trinajstić information content (AvgIpc) is 1.37. The van der Waals surface area contributed by atoms with Crippen molar-refractivity contribution in [3.05, 3.63) is 0 Å². The van der Waals surface area contributed by atoms with Gasteiger partial charge in [0.25, 0.3) is 0 Å². The number of oxime groups is 1. The van der Waals surface area contributed by atoms with Gasteiger partial charge in [0.05, 0.1) is 5.55 Å². The van der Waals surface area contributed by atoms with Crippen LogP contribution < -0.4 is 0 Å². The van der Waals surface area contributed by atoms with Gasteiger partial charge in [0.2, 0.25) is 0 Å². The highest BCUT2D eigenvalue weighted by atomic mass is 32.1. The molecule has 0 amide bonds. The van der Waals surface area contributed by atoms with Crippen LogP contribution in [0.15, 0.2) is 5.16 Å². The Morgan fingerprint density at radius 3 is 2.25 bits per heavy atom. The maximum atomic E-state index is 7.37. The summed E-state index contributed by atoms with van der Waals surface area (Å²) in [5, 5.41) is 9.84. The van der Waals surface area contributed by atoms with E-state index < -0.39 is 0 Å². The van der Waals surface area contributed by atoms with Gasteiger partial charge in [-0.1, -0.05) is 5.16 Å². The Bertz CT molecular complexity index is 23.2. The molecule has 0 spiro atoms. The molecule has 0 aromatic rings. The van der Waals surface area contributed by atoms with E-state index in [1.165, 1.54) is 0 Å². The second kappa shape index (κ2) is 2.82. The number of thiol groups is 1. The van der Waals surface area contributed by atoms with Crippen LogP contribution in [0.3, 0.4) is 0 Å². The molecular weight excluding hydrogens is 74.1 g/mol. The molecule has 0 radical (unpaired) electrons. The van der Waals surface area contributed by atoms with Gasteiger partial charge in [-0.25, -0.2) is 0 Å². The van der Waals surface area contributed by atoms with Gasteiger partial charge < -0.3 is 5.21 Å². The second-order valence-electron chi connectivity index (χ2n) is 0.231. The standard InChI is InChI=1S/CH3NOS/c3-2-1-4/h1,3H,(H,2,4). The highest BCUT2D eigenvalue weighted by Crippen LogP contribution is 1.52. The highest BCUT2D eigenvalue weighted by molar-refractivity contribution is 7.94. The van der Waals surface area contributed by atoms with Gasteiger partial charge in [-0.05, 0) is 0 Å². The summed E-state index contributed by atoms with van der Waals surface area (Å²) in [6, 6.07) is 0. The molecule has 0 saturated heterocycles. The van der Waals surface area contributed by atoms with Crippen molar-refractivity contribution in [2.45, 2.75) is 0 Å². The van der Waals surface area contributed by atoms with E-state index in [9.17, 15) is 0 Å². The van der Waals surface area contributed by atoms with Crippen LogP contribution in [-0.4, -0.2) is 10.8 Å². The lowest BCUT2D eigenvalue weighted by atomic mass is 11.7. The lowest BCUT2D eigenvalue weighted by molar-refractivity contribution is 0.323. The first-order valence-corrected chi connectivity index (χ1v) is 1.23. The van der Waals surface area contributed by atoms with Gasteiger partial charge >= 0.3 is 0 Å². The molecule has 1 N–H and O–H groups in total. The summed E-state index contributed by atoms with van der Waals surface area (Å²) < 4.78 is 0. The van der Waals surface area contributed by atoms with Crippen molar-refractivity contribution in [3.63, 3.8) is 0 Å². The van der Waals surface area contributed by atoms with Crippen LogP contribution in [0.2, 0.25) is 0 Å². The number of hydrogen-bond donors (Lipinski definition) is 2. The second-order valence-corrected chi connectivity index (χ2v) is 0.462. The highest BCUT2D eigenvalue weighted by Gasteiger charge is 1.35. The van der Waals surface area contributed by atoms with Crippen molar-refractivity contribution in [3.8, 4) is 0 Å². The van der Waals surface area contributed by atoms with E-state index in [1.807, 2.05) is 0 Å².